The van der Waals surface area contributed by atoms with Gasteiger partial charge in [-0.15, -0.1) is 0 Å². The molecule has 3 heteroatoms. The van der Waals surface area contributed by atoms with E-state index in [2.05, 4.69) is 6.92 Å². The molecular weight excluding hydrogens is 116 g/mol. The summed E-state index contributed by atoms with van der Waals surface area (Å²) in [5.74, 6) is 0. The molecule has 0 spiro atoms. The van der Waals surface area contributed by atoms with Gasteiger partial charge in [-0.25, -0.2) is 0 Å². The fourth-order valence-corrected chi connectivity index (χ4v) is 0.973. The quantitative estimate of drug-likeness (QED) is 0.570. The summed E-state index contributed by atoms with van der Waals surface area (Å²) in [6.07, 6.45) is 1.13. The molecule has 0 aromatic carbocycles. The summed E-state index contributed by atoms with van der Waals surface area (Å²) in [7, 11) is 0. The number of rotatable bonds is 2. The minimum absolute atomic E-state index is 0.233. The van der Waals surface area contributed by atoms with Gasteiger partial charge in [0.25, 0.3) is 0 Å². The molecule has 0 bridgehead atoms. The molecule has 1 aliphatic rings. The van der Waals surface area contributed by atoms with Gasteiger partial charge in [0.15, 0.2) is 0 Å². The molecule has 0 aromatic heterocycles. The van der Waals surface area contributed by atoms with Crippen molar-refractivity contribution in [1.82, 2.24) is 5.06 Å². The summed E-state index contributed by atoms with van der Waals surface area (Å²) in [6.45, 7) is 4.73. The molecule has 2 N–H and O–H groups in total. The number of hydroxylamine groups is 2. The van der Waals surface area contributed by atoms with E-state index in [1.165, 1.54) is 0 Å². The highest BCUT2D eigenvalue weighted by molar-refractivity contribution is 4.67. The lowest BCUT2D eigenvalue weighted by Crippen LogP contribution is -2.27. The molecule has 9 heavy (non-hydrogen) atoms. The fraction of sp³-hybridized carbons (Fsp3) is 1.00. The van der Waals surface area contributed by atoms with Crippen molar-refractivity contribution in [2.75, 3.05) is 19.7 Å². The molecule has 3 nitrogen and oxygen atoms in total. The van der Waals surface area contributed by atoms with Gasteiger partial charge in [-0.05, 0) is 6.42 Å². The van der Waals surface area contributed by atoms with Gasteiger partial charge >= 0.3 is 0 Å². The van der Waals surface area contributed by atoms with Crippen molar-refractivity contribution in [2.24, 2.45) is 5.73 Å². The van der Waals surface area contributed by atoms with Crippen molar-refractivity contribution in [3.8, 4) is 0 Å². The maximum Gasteiger partial charge on any atom is 0.0849 e. The average Bonchev–Trinajstić information content (AvgIpc) is 2.17. The Kier molecular flexibility index (Phi) is 2.45. The van der Waals surface area contributed by atoms with Crippen LogP contribution in [0.2, 0.25) is 0 Å². The van der Waals surface area contributed by atoms with Gasteiger partial charge < -0.3 is 5.73 Å². The van der Waals surface area contributed by atoms with Crippen LogP contribution in [0.5, 0.6) is 0 Å². The van der Waals surface area contributed by atoms with Crippen LogP contribution in [0.4, 0.5) is 0 Å². The lowest BCUT2D eigenvalue weighted by atomic mass is 10.3. The first-order chi connectivity index (χ1) is 4.33. The third-order valence-electron chi connectivity index (χ3n) is 1.38. The highest BCUT2D eigenvalue weighted by Crippen LogP contribution is 2.02. The average molecular weight is 130 g/mol. The molecule has 1 fully saturated rings. The second-order valence-corrected chi connectivity index (χ2v) is 2.44. The number of hydrogen-bond acceptors (Lipinski definition) is 3. The number of hydrogen-bond donors (Lipinski definition) is 1. The van der Waals surface area contributed by atoms with Gasteiger partial charge in [0.05, 0.1) is 6.61 Å². The van der Waals surface area contributed by atoms with Crippen molar-refractivity contribution in [1.29, 1.82) is 0 Å². The third-order valence-corrected chi connectivity index (χ3v) is 1.38. The Morgan fingerprint density at radius 2 is 2.56 bits per heavy atom. The zero-order valence-electron chi connectivity index (χ0n) is 5.84. The van der Waals surface area contributed by atoms with Crippen LogP contribution in [0.1, 0.15) is 13.3 Å². The second-order valence-electron chi connectivity index (χ2n) is 2.44. The zero-order chi connectivity index (χ0) is 6.69. The zero-order valence-corrected chi connectivity index (χ0v) is 5.84. The molecule has 1 saturated heterocycles. The van der Waals surface area contributed by atoms with Crippen molar-refractivity contribution in [2.45, 2.75) is 19.4 Å². The Morgan fingerprint density at radius 1 is 1.78 bits per heavy atom. The van der Waals surface area contributed by atoms with Crippen molar-refractivity contribution >= 4 is 0 Å². The summed E-state index contributed by atoms with van der Waals surface area (Å²) in [6, 6.07) is 0.233. The van der Waals surface area contributed by atoms with Gasteiger partial charge in [0, 0.05) is 19.1 Å². The Balaban J connectivity index is 2.14. The van der Waals surface area contributed by atoms with E-state index in [9.17, 15) is 0 Å². The number of nitrogens with zero attached hydrogens (tertiary/aromatic N) is 1. The molecule has 0 aromatic rings. The maximum absolute atomic E-state index is 5.59. The van der Waals surface area contributed by atoms with E-state index >= 15 is 0 Å². The van der Waals surface area contributed by atoms with Gasteiger partial charge in [0.1, 0.15) is 0 Å². The molecule has 0 radical (unpaired) electrons. The molecular formula is C6H14N2O. The van der Waals surface area contributed by atoms with Crippen LogP contribution in [-0.2, 0) is 4.84 Å². The lowest BCUT2D eigenvalue weighted by molar-refractivity contribution is -0.109. The summed E-state index contributed by atoms with van der Waals surface area (Å²) in [5.41, 5.74) is 5.59. The molecule has 0 unspecified atom stereocenters. The van der Waals surface area contributed by atoms with E-state index < -0.39 is 0 Å². The highest BCUT2D eigenvalue weighted by atomic mass is 16.7. The molecule has 54 valence electrons. The van der Waals surface area contributed by atoms with Crippen LogP contribution in [0.3, 0.4) is 0 Å². The summed E-state index contributed by atoms with van der Waals surface area (Å²) < 4.78 is 0. The van der Waals surface area contributed by atoms with Gasteiger partial charge in [0.2, 0.25) is 0 Å². The summed E-state index contributed by atoms with van der Waals surface area (Å²) in [5, 5.41) is 1.94. The van der Waals surface area contributed by atoms with E-state index in [0.717, 1.165) is 19.5 Å². The lowest BCUT2D eigenvalue weighted by Gasteiger charge is -2.10. The molecule has 1 aliphatic heterocycles. The van der Waals surface area contributed by atoms with Crippen molar-refractivity contribution < 1.29 is 4.84 Å². The van der Waals surface area contributed by atoms with Gasteiger partial charge in [-0.1, -0.05) is 6.92 Å². The SMILES string of the molecule is CCCN1C[C@@H](N)CO1. The van der Waals surface area contributed by atoms with Crippen LogP contribution in [0.25, 0.3) is 0 Å². The first-order valence-corrected chi connectivity index (χ1v) is 3.46. The molecule has 0 saturated carbocycles. The molecule has 1 rings (SSSR count). The van der Waals surface area contributed by atoms with E-state index in [4.69, 9.17) is 10.6 Å². The first-order valence-electron chi connectivity index (χ1n) is 3.46. The summed E-state index contributed by atoms with van der Waals surface area (Å²) in [4.78, 5) is 5.21. The standard InChI is InChI=1S/C6H14N2O/c1-2-3-8-4-6(7)5-9-8/h6H,2-5,7H2,1H3/t6-/m1/s1. The van der Waals surface area contributed by atoms with Gasteiger partial charge in [-0.3, -0.25) is 4.84 Å². The van der Waals surface area contributed by atoms with E-state index in [0.29, 0.717) is 6.61 Å². The Labute approximate surface area is 55.7 Å². The van der Waals surface area contributed by atoms with Crippen LogP contribution in [0.15, 0.2) is 0 Å². The minimum Gasteiger partial charge on any atom is -0.325 e. The predicted octanol–water partition coefficient (Wildman–Crippen LogP) is -0.0291. The monoisotopic (exact) mass is 130 g/mol. The van der Waals surface area contributed by atoms with Gasteiger partial charge in [-0.2, -0.15) is 5.06 Å². The third kappa shape index (κ3) is 1.93. The van der Waals surface area contributed by atoms with Crippen LogP contribution in [0, 0.1) is 0 Å². The Morgan fingerprint density at radius 3 is 3.00 bits per heavy atom. The second kappa shape index (κ2) is 3.15. The molecule has 1 heterocycles. The van der Waals surface area contributed by atoms with E-state index in [1.54, 1.807) is 0 Å². The first kappa shape index (κ1) is 6.99. The van der Waals surface area contributed by atoms with E-state index in [1.807, 2.05) is 5.06 Å². The van der Waals surface area contributed by atoms with Crippen LogP contribution in [-0.4, -0.2) is 30.8 Å². The topological polar surface area (TPSA) is 38.5 Å². The Bertz CT molecular complexity index is 85.1. The molecule has 0 aliphatic carbocycles. The largest absolute Gasteiger partial charge is 0.325 e. The summed E-state index contributed by atoms with van der Waals surface area (Å²) >= 11 is 0. The van der Waals surface area contributed by atoms with Crippen molar-refractivity contribution in [3.63, 3.8) is 0 Å². The number of nitrogens with two attached hydrogens (primary N) is 1. The maximum atomic E-state index is 5.59. The predicted molar refractivity (Wildman–Crippen MR) is 35.8 cm³/mol. The van der Waals surface area contributed by atoms with Crippen LogP contribution >= 0.6 is 0 Å². The molecule has 1 atom stereocenters. The van der Waals surface area contributed by atoms with Crippen LogP contribution < -0.4 is 5.73 Å². The normalized spacial score (nSPS) is 29.3. The minimum atomic E-state index is 0.233. The highest BCUT2D eigenvalue weighted by Gasteiger charge is 2.18. The van der Waals surface area contributed by atoms with Crippen molar-refractivity contribution in [3.05, 3.63) is 0 Å². The molecule has 0 amide bonds. The smallest absolute Gasteiger partial charge is 0.0849 e. The van der Waals surface area contributed by atoms with E-state index in [-0.39, 0.29) is 6.04 Å². The fourth-order valence-electron chi connectivity index (χ4n) is 0.973. The Hall–Kier alpha value is -0.120.